The third-order valence-corrected chi connectivity index (χ3v) is 3.17. The van der Waals surface area contributed by atoms with Crippen molar-refractivity contribution < 1.29 is 14.7 Å². The molecule has 2 N–H and O–H groups in total. The normalized spacial score (nSPS) is 12.2. The Morgan fingerprint density at radius 1 is 1.33 bits per heavy atom. The number of hydrogen-bond donors (Lipinski definition) is 2. The Morgan fingerprint density at radius 2 is 2.00 bits per heavy atom. The highest BCUT2D eigenvalue weighted by atomic mass is 16.4. The smallest absolute Gasteiger partial charge is 0.326 e. The highest BCUT2D eigenvalue weighted by Gasteiger charge is 2.20. The van der Waals surface area contributed by atoms with Crippen molar-refractivity contribution in [1.82, 2.24) is 9.88 Å². The fraction of sp³-hybridized carbons (Fsp3) is 0.533. The van der Waals surface area contributed by atoms with Gasteiger partial charge in [0.25, 0.3) is 5.56 Å². The lowest BCUT2D eigenvalue weighted by Crippen LogP contribution is -2.42. The van der Waals surface area contributed by atoms with Crippen LogP contribution in [0.15, 0.2) is 23.0 Å². The topological polar surface area (TPSA) is 88.4 Å². The quantitative estimate of drug-likeness (QED) is 0.790. The first-order valence-corrected chi connectivity index (χ1v) is 7.00. The number of carboxylic acid groups (broad SMARTS) is 1. The van der Waals surface area contributed by atoms with E-state index in [0.29, 0.717) is 6.42 Å². The van der Waals surface area contributed by atoms with Gasteiger partial charge in [0.1, 0.15) is 6.04 Å². The zero-order valence-corrected chi connectivity index (χ0v) is 12.6. The van der Waals surface area contributed by atoms with Gasteiger partial charge in [0, 0.05) is 24.7 Å². The van der Waals surface area contributed by atoms with Gasteiger partial charge in [-0.25, -0.2) is 4.79 Å². The monoisotopic (exact) mass is 294 g/mol. The van der Waals surface area contributed by atoms with Crippen LogP contribution in [0.5, 0.6) is 0 Å². The third-order valence-electron chi connectivity index (χ3n) is 3.17. The van der Waals surface area contributed by atoms with Crippen LogP contribution in [0, 0.1) is 12.8 Å². The summed E-state index contributed by atoms with van der Waals surface area (Å²) in [6.07, 6.45) is 0.456. The van der Waals surface area contributed by atoms with Gasteiger partial charge in [0.2, 0.25) is 5.91 Å². The Hall–Kier alpha value is -2.11. The highest BCUT2D eigenvalue weighted by Crippen LogP contribution is 2.05. The molecule has 6 nitrogen and oxygen atoms in total. The molecular weight excluding hydrogens is 272 g/mol. The van der Waals surface area contributed by atoms with Crippen LogP contribution in [0.25, 0.3) is 0 Å². The molecule has 0 bridgehead atoms. The summed E-state index contributed by atoms with van der Waals surface area (Å²) in [5.74, 6) is -1.23. The van der Waals surface area contributed by atoms with Gasteiger partial charge >= 0.3 is 5.97 Å². The fourth-order valence-electron chi connectivity index (χ4n) is 2.08. The minimum atomic E-state index is -1.04. The van der Waals surface area contributed by atoms with Crippen LogP contribution >= 0.6 is 0 Å². The van der Waals surface area contributed by atoms with Crippen LogP contribution < -0.4 is 10.9 Å². The standard InChI is InChI=1S/C15H22N2O4/c1-10(2)9-12(15(20)21)16-13(18)7-8-17-11(3)5-4-6-14(17)19/h4-6,10,12H,7-9H2,1-3H3,(H,16,18)(H,20,21). The molecule has 1 atom stereocenters. The maximum atomic E-state index is 11.8. The van der Waals surface area contributed by atoms with E-state index in [1.54, 1.807) is 19.1 Å². The number of aromatic nitrogens is 1. The van der Waals surface area contributed by atoms with Gasteiger partial charge in [0.05, 0.1) is 0 Å². The van der Waals surface area contributed by atoms with Gasteiger partial charge in [-0.1, -0.05) is 19.9 Å². The lowest BCUT2D eigenvalue weighted by Gasteiger charge is -2.17. The molecule has 1 aromatic heterocycles. The molecule has 1 unspecified atom stereocenters. The molecule has 1 amide bonds. The Bertz CT molecular complexity index is 563. The molecule has 0 aliphatic rings. The fourth-order valence-corrected chi connectivity index (χ4v) is 2.08. The van der Waals surface area contributed by atoms with E-state index in [1.165, 1.54) is 10.6 Å². The van der Waals surface area contributed by atoms with E-state index in [1.807, 2.05) is 13.8 Å². The number of carbonyl (C=O) groups is 2. The molecule has 21 heavy (non-hydrogen) atoms. The maximum absolute atomic E-state index is 11.8. The third kappa shape index (κ3) is 5.41. The average molecular weight is 294 g/mol. The van der Waals surface area contributed by atoms with Gasteiger partial charge in [-0.2, -0.15) is 0 Å². The number of rotatable bonds is 7. The second-order valence-electron chi connectivity index (χ2n) is 5.49. The van der Waals surface area contributed by atoms with Gasteiger partial charge in [-0.05, 0) is 25.3 Å². The number of carbonyl (C=O) groups excluding carboxylic acids is 1. The van der Waals surface area contributed by atoms with Crippen molar-refractivity contribution in [3.05, 3.63) is 34.2 Å². The minimum absolute atomic E-state index is 0.0760. The van der Waals surface area contributed by atoms with Crippen LogP contribution in [0.4, 0.5) is 0 Å². The number of nitrogens with zero attached hydrogens (tertiary/aromatic N) is 1. The summed E-state index contributed by atoms with van der Waals surface area (Å²) >= 11 is 0. The van der Waals surface area contributed by atoms with Crippen molar-refractivity contribution in [2.45, 2.75) is 46.2 Å². The van der Waals surface area contributed by atoms with E-state index < -0.39 is 12.0 Å². The van der Waals surface area contributed by atoms with E-state index >= 15 is 0 Å². The molecule has 0 spiro atoms. The summed E-state index contributed by atoms with van der Waals surface area (Å²) < 4.78 is 1.50. The van der Waals surface area contributed by atoms with E-state index in [-0.39, 0.29) is 30.3 Å². The molecule has 6 heteroatoms. The molecule has 0 aliphatic heterocycles. The molecule has 0 saturated heterocycles. The van der Waals surface area contributed by atoms with Crippen molar-refractivity contribution in [3.8, 4) is 0 Å². The lowest BCUT2D eigenvalue weighted by atomic mass is 10.0. The summed E-state index contributed by atoms with van der Waals surface area (Å²) in [4.78, 5) is 34.6. The predicted octanol–water partition coefficient (Wildman–Crippen LogP) is 1.16. The molecule has 0 aliphatic carbocycles. The molecule has 0 aromatic carbocycles. The summed E-state index contributed by atoms with van der Waals surface area (Å²) in [5, 5.41) is 11.6. The van der Waals surface area contributed by atoms with Gasteiger partial charge < -0.3 is 15.0 Å². The molecule has 0 radical (unpaired) electrons. The summed E-state index contributed by atoms with van der Waals surface area (Å²) in [6, 6.07) is 4.00. The first-order chi connectivity index (χ1) is 9.81. The van der Waals surface area contributed by atoms with Crippen LogP contribution in [0.1, 0.15) is 32.4 Å². The number of aryl methyl sites for hydroxylation is 1. The van der Waals surface area contributed by atoms with Crippen molar-refractivity contribution in [2.24, 2.45) is 5.92 Å². The van der Waals surface area contributed by atoms with Crippen molar-refractivity contribution in [3.63, 3.8) is 0 Å². The van der Waals surface area contributed by atoms with Crippen molar-refractivity contribution in [2.75, 3.05) is 0 Å². The second kappa shape index (κ2) is 7.61. The number of pyridine rings is 1. The Kier molecular flexibility index (Phi) is 6.14. The van der Waals surface area contributed by atoms with Crippen molar-refractivity contribution in [1.29, 1.82) is 0 Å². The Morgan fingerprint density at radius 3 is 2.52 bits per heavy atom. The molecule has 0 saturated carbocycles. The average Bonchev–Trinajstić information content (AvgIpc) is 2.36. The lowest BCUT2D eigenvalue weighted by molar-refractivity contribution is -0.142. The maximum Gasteiger partial charge on any atom is 0.326 e. The Labute approximate surface area is 123 Å². The van der Waals surface area contributed by atoms with Crippen molar-refractivity contribution >= 4 is 11.9 Å². The predicted molar refractivity (Wildman–Crippen MR) is 79.1 cm³/mol. The number of hydrogen-bond acceptors (Lipinski definition) is 3. The Balaban J connectivity index is 2.61. The first-order valence-electron chi connectivity index (χ1n) is 7.00. The van der Waals surface area contributed by atoms with Crippen LogP contribution in [-0.4, -0.2) is 27.6 Å². The largest absolute Gasteiger partial charge is 0.480 e. The molecule has 116 valence electrons. The molecule has 1 aromatic rings. The second-order valence-corrected chi connectivity index (χ2v) is 5.49. The zero-order chi connectivity index (χ0) is 16.0. The molecule has 1 heterocycles. The van der Waals surface area contributed by atoms with E-state index in [2.05, 4.69) is 5.32 Å². The van der Waals surface area contributed by atoms with Crippen LogP contribution in [0.2, 0.25) is 0 Å². The summed E-state index contributed by atoms with van der Waals surface area (Å²) in [5.41, 5.74) is 0.604. The van der Waals surface area contributed by atoms with Gasteiger partial charge in [0.15, 0.2) is 0 Å². The van der Waals surface area contributed by atoms with Gasteiger partial charge in [-0.15, -0.1) is 0 Å². The zero-order valence-electron chi connectivity index (χ0n) is 12.6. The first kappa shape index (κ1) is 16.9. The number of amides is 1. The highest BCUT2D eigenvalue weighted by molar-refractivity contribution is 5.83. The van der Waals surface area contributed by atoms with Gasteiger partial charge in [-0.3, -0.25) is 9.59 Å². The van der Waals surface area contributed by atoms with E-state index in [9.17, 15) is 14.4 Å². The van der Waals surface area contributed by atoms with Crippen LogP contribution in [-0.2, 0) is 16.1 Å². The molecule has 0 fully saturated rings. The summed E-state index contributed by atoms with van der Waals surface area (Å²) in [6.45, 7) is 5.83. The minimum Gasteiger partial charge on any atom is -0.480 e. The number of carboxylic acids is 1. The molecular formula is C15H22N2O4. The number of nitrogens with one attached hydrogen (secondary N) is 1. The van der Waals surface area contributed by atoms with Crippen LogP contribution in [0.3, 0.4) is 0 Å². The van der Waals surface area contributed by atoms with E-state index in [4.69, 9.17) is 5.11 Å². The number of aliphatic carboxylic acids is 1. The van der Waals surface area contributed by atoms with E-state index in [0.717, 1.165) is 5.69 Å². The summed E-state index contributed by atoms with van der Waals surface area (Å²) in [7, 11) is 0. The SMILES string of the molecule is Cc1cccc(=O)n1CCC(=O)NC(CC(C)C)C(=O)O. The molecule has 1 rings (SSSR count).